The van der Waals surface area contributed by atoms with E-state index in [-0.39, 0.29) is 27.9 Å². The number of hydrogen-bond acceptors (Lipinski definition) is 1. The Balaban J connectivity index is -0.00000000500. The Labute approximate surface area is 52.0 Å². The molecule has 0 aliphatic carbocycles. The molecule has 4 heavy (non-hydrogen) atoms. The van der Waals surface area contributed by atoms with Crippen molar-refractivity contribution in [1.29, 1.82) is 0 Å². The van der Waals surface area contributed by atoms with Gasteiger partial charge in [0, 0.05) is 22.4 Å². The Morgan fingerprint density at radius 2 is 1.25 bits per heavy atom. The molecule has 0 spiro atoms. The quantitative estimate of drug-likeness (QED) is 0.460. The summed E-state index contributed by atoms with van der Waals surface area (Å²) in [5, 5.41) is 0. The Bertz CT molecular complexity index is 4.00. The molecule has 0 aromatic carbocycles. The van der Waals surface area contributed by atoms with Crippen LogP contribution in [0.25, 0.3) is 0 Å². The third-order valence-electron chi connectivity index (χ3n) is 0. The van der Waals surface area contributed by atoms with E-state index in [1.807, 2.05) is 0 Å². The Morgan fingerprint density at radius 3 is 1.25 bits per heavy atom. The van der Waals surface area contributed by atoms with Crippen LogP contribution in [0.2, 0.25) is 0 Å². The van der Waals surface area contributed by atoms with Crippen molar-refractivity contribution in [3.63, 3.8) is 0 Å². The van der Waals surface area contributed by atoms with Crippen molar-refractivity contribution >= 4 is 0 Å². The van der Waals surface area contributed by atoms with Crippen molar-refractivity contribution in [2.24, 2.45) is 0 Å². The van der Waals surface area contributed by atoms with Crippen LogP contribution in [0.1, 0.15) is 0 Å². The van der Waals surface area contributed by atoms with Crippen molar-refractivity contribution in [3.8, 4) is 0 Å². The molecule has 0 amide bonds. The van der Waals surface area contributed by atoms with E-state index in [1.165, 1.54) is 0 Å². The van der Waals surface area contributed by atoms with E-state index in [1.54, 1.807) is 0 Å². The van der Waals surface area contributed by atoms with Crippen LogP contribution in [-0.4, -0.2) is 5.48 Å². The zero-order chi connectivity index (χ0) is 2.00. The first-order valence-corrected chi connectivity index (χ1v) is 1.01. The fourth-order valence-electron chi connectivity index (χ4n) is 0. The summed E-state index contributed by atoms with van der Waals surface area (Å²) in [6.45, 7) is 0. The van der Waals surface area contributed by atoms with Crippen LogP contribution >= 0.6 is 0 Å². The minimum absolute atomic E-state index is 0. The topological polar surface area (TPSA) is 48.6 Å². The molecule has 4 heteroatoms. The summed E-state index contributed by atoms with van der Waals surface area (Å²) in [7, 11) is 0. The van der Waals surface area contributed by atoms with E-state index in [0.29, 0.717) is 0 Å². The molecule has 1 radical (unpaired) electrons. The average Bonchev–Trinajstić information content (AvgIpc) is 1.00. The molecule has 0 saturated heterocycles. The van der Waals surface area contributed by atoms with Gasteiger partial charge in [-0.25, -0.2) is 0 Å². The maximum absolute atomic E-state index is 8.19. The molecule has 0 aliphatic heterocycles. The van der Waals surface area contributed by atoms with Crippen LogP contribution < -0.4 is 0 Å². The first kappa shape index (κ1) is 18.8. The van der Waals surface area contributed by atoms with E-state index in [0.717, 1.165) is 21.0 Å². The monoisotopic (exact) mass is 428 g/mol. The van der Waals surface area contributed by atoms with Gasteiger partial charge in [-0.3, -0.25) is 0 Å². The van der Waals surface area contributed by atoms with Crippen molar-refractivity contribution in [2.45, 2.75) is 0 Å². The predicted molar refractivity (Wildman–Crippen MR) is 4.30 cm³/mol. The molecule has 0 heterocycles. The van der Waals surface area contributed by atoms with Crippen LogP contribution in [0.3, 0.4) is 0 Å². The normalized spacial score (nSPS) is 1.50. The molecular formula is H2Au2O2. The van der Waals surface area contributed by atoms with Crippen LogP contribution in [0.15, 0.2) is 0 Å². The standard InChI is InChI=1S/2Au.H2O.O/h;;1H2;. The second kappa shape index (κ2) is 28.9. The fraction of sp³-hybridized carbons (Fsp3) is 0. The summed E-state index contributed by atoms with van der Waals surface area (Å²) in [5.74, 6) is 0. The first-order valence-electron chi connectivity index (χ1n) is 0.123. The van der Waals surface area contributed by atoms with Gasteiger partial charge in [0.1, 0.15) is 0 Å². The van der Waals surface area contributed by atoms with Crippen LogP contribution in [-0.2, 0) is 46.7 Å². The Morgan fingerprint density at radius 1 is 1.25 bits per heavy atom. The zero-order valence-corrected chi connectivity index (χ0v) is 5.84. The van der Waals surface area contributed by atoms with Crippen molar-refractivity contribution in [1.82, 2.24) is 0 Å². The number of rotatable bonds is 0. The molecule has 2 nitrogen and oxygen atoms in total. The second-order valence-electron chi connectivity index (χ2n) is 0. The third kappa shape index (κ3) is 10.6. The van der Waals surface area contributed by atoms with Gasteiger partial charge < -0.3 is 5.48 Å². The molecule has 0 aliphatic rings. The van der Waals surface area contributed by atoms with E-state index >= 15 is 0 Å². The molecule has 2 N–H and O–H groups in total. The SMILES string of the molecule is O.[Au].[O]=[Au]. The average molecular weight is 428 g/mol. The van der Waals surface area contributed by atoms with Crippen LogP contribution in [0, 0.1) is 0 Å². The molecule has 0 aromatic heterocycles. The van der Waals surface area contributed by atoms with E-state index in [9.17, 15) is 0 Å². The molecular weight excluding hydrogens is 426 g/mol. The van der Waals surface area contributed by atoms with Gasteiger partial charge in [0.25, 0.3) is 0 Å². The third-order valence-corrected chi connectivity index (χ3v) is 0. The molecule has 0 saturated carbocycles. The zero-order valence-electron chi connectivity index (χ0n) is 1.51. The van der Waals surface area contributed by atoms with E-state index < -0.39 is 0 Å². The maximum atomic E-state index is 8.19. The van der Waals surface area contributed by atoms with Gasteiger partial charge in [-0.05, 0) is 0 Å². The molecule has 0 fully saturated rings. The molecule has 0 aromatic rings. The molecule has 0 rings (SSSR count). The van der Waals surface area contributed by atoms with Crippen LogP contribution in [0.4, 0.5) is 0 Å². The summed E-state index contributed by atoms with van der Waals surface area (Å²) in [5.41, 5.74) is 0. The molecule has 0 unspecified atom stereocenters. The van der Waals surface area contributed by atoms with Gasteiger partial charge in [0.2, 0.25) is 0 Å². The predicted octanol–water partition coefficient (Wildman–Crippen LogP) is -0.949. The van der Waals surface area contributed by atoms with Crippen molar-refractivity contribution in [3.05, 3.63) is 0 Å². The Hall–Kier alpha value is 1.24. The number of hydrogen-bond donors (Lipinski definition) is 0. The summed E-state index contributed by atoms with van der Waals surface area (Å²) < 4.78 is 8.19. The fourth-order valence-corrected chi connectivity index (χ4v) is 0. The van der Waals surface area contributed by atoms with E-state index in [4.69, 9.17) is 3.25 Å². The van der Waals surface area contributed by atoms with Crippen LogP contribution in [0.5, 0.6) is 0 Å². The minimum atomic E-state index is 0. The second-order valence-corrected chi connectivity index (χ2v) is 0. The summed E-state index contributed by atoms with van der Waals surface area (Å²) >= 11 is 1.03. The van der Waals surface area contributed by atoms with Crippen molar-refractivity contribution < 1.29 is 52.1 Å². The molecule has 36 valence electrons. The van der Waals surface area contributed by atoms with Gasteiger partial charge in [0.05, 0.1) is 0 Å². The van der Waals surface area contributed by atoms with Gasteiger partial charge >= 0.3 is 24.3 Å². The molecule has 0 bridgehead atoms. The Kier molecular flexibility index (Phi) is 136. The van der Waals surface area contributed by atoms with Gasteiger partial charge in [-0.2, -0.15) is 0 Å². The molecule has 0 atom stereocenters. The van der Waals surface area contributed by atoms with Gasteiger partial charge in [-0.15, -0.1) is 0 Å². The summed E-state index contributed by atoms with van der Waals surface area (Å²) in [6.07, 6.45) is 0. The summed E-state index contributed by atoms with van der Waals surface area (Å²) in [6, 6.07) is 0. The first-order chi connectivity index (χ1) is 1.00. The van der Waals surface area contributed by atoms with Gasteiger partial charge in [-0.1, -0.05) is 0 Å². The van der Waals surface area contributed by atoms with Gasteiger partial charge in [0.15, 0.2) is 0 Å². The summed E-state index contributed by atoms with van der Waals surface area (Å²) in [4.78, 5) is 0. The van der Waals surface area contributed by atoms with Crippen molar-refractivity contribution in [2.75, 3.05) is 0 Å². The van der Waals surface area contributed by atoms with E-state index in [2.05, 4.69) is 0 Å².